The maximum Gasteiger partial charge on any atom is 0.328 e. The summed E-state index contributed by atoms with van der Waals surface area (Å²) >= 11 is 0. The van der Waals surface area contributed by atoms with Gasteiger partial charge in [-0.3, -0.25) is 0 Å². The van der Waals surface area contributed by atoms with E-state index in [1.807, 2.05) is 55.5 Å². The minimum atomic E-state index is -0.974. The van der Waals surface area contributed by atoms with Gasteiger partial charge in [-0.15, -0.1) is 0 Å². The highest BCUT2D eigenvalue weighted by molar-refractivity contribution is 6.00. The number of anilines is 1. The number of nitrogen functional groups attached to an aromatic ring is 1. The van der Waals surface area contributed by atoms with Gasteiger partial charge < -0.3 is 16.2 Å². The lowest BCUT2D eigenvalue weighted by Crippen LogP contribution is -2.01. The van der Waals surface area contributed by atoms with Crippen molar-refractivity contribution in [3.63, 3.8) is 0 Å². The van der Waals surface area contributed by atoms with Gasteiger partial charge in [-0.1, -0.05) is 61.5 Å². The highest BCUT2D eigenvalue weighted by atomic mass is 16.4. The Labute approximate surface area is 182 Å². The summed E-state index contributed by atoms with van der Waals surface area (Å²) in [5.74, 6) is -0.974. The Kier molecular flexibility index (Phi) is 6.83. The Morgan fingerprint density at radius 3 is 2.26 bits per heavy atom. The molecule has 31 heavy (non-hydrogen) atoms. The zero-order chi connectivity index (χ0) is 22.4. The molecule has 4 N–H and O–H groups in total. The van der Waals surface area contributed by atoms with Gasteiger partial charge in [-0.2, -0.15) is 0 Å². The maximum atomic E-state index is 10.8. The fourth-order valence-corrected chi connectivity index (χ4v) is 3.70. The zero-order valence-electron chi connectivity index (χ0n) is 17.7. The SMILES string of the molecule is CC/C(=C(/c1ccc(/C=C/C(=O)O)cc1)c1cc(C)c(N)c(C=N)c1)c1ccccc1. The number of carbonyl (C=O) groups is 1. The number of benzene rings is 3. The number of hydrogen-bond donors (Lipinski definition) is 3. The van der Waals surface area contributed by atoms with E-state index in [0.29, 0.717) is 11.3 Å². The van der Waals surface area contributed by atoms with Crippen molar-refractivity contribution >= 4 is 35.1 Å². The van der Waals surface area contributed by atoms with Crippen LogP contribution in [0.15, 0.2) is 72.8 Å². The molecule has 0 unspecified atom stereocenters. The number of allylic oxidation sites excluding steroid dienone is 1. The van der Waals surface area contributed by atoms with Gasteiger partial charge in [0.2, 0.25) is 0 Å². The molecule has 0 bridgehead atoms. The predicted molar refractivity (Wildman–Crippen MR) is 129 cm³/mol. The summed E-state index contributed by atoms with van der Waals surface area (Å²) in [5.41, 5.74) is 14.7. The average molecular weight is 411 g/mol. The first-order chi connectivity index (χ1) is 14.9. The van der Waals surface area contributed by atoms with Gasteiger partial charge >= 0.3 is 5.97 Å². The average Bonchev–Trinajstić information content (AvgIpc) is 2.79. The van der Waals surface area contributed by atoms with E-state index in [-0.39, 0.29) is 0 Å². The van der Waals surface area contributed by atoms with Gasteiger partial charge in [0.05, 0.1) is 0 Å². The number of nitrogens with two attached hydrogens (primary N) is 1. The number of aliphatic carboxylic acids is 1. The van der Waals surface area contributed by atoms with Crippen molar-refractivity contribution < 1.29 is 9.90 Å². The Morgan fingerprint density at radius 2 is 1.68 bits per heavy atom. The minimum absolute atomic E-state index is 0.616. The van der Waals surface area contributed by atoms with Crippen LogP contribution in [0.4, 0.5) is 5.69 Å². The molecule has 0 radical (unpaired) electrons. The molecule has 0 aliphatic rings. The number of aryl methyl sites for hydroxylation is 1. The highest BCUT2D eigenvalue weighted by Crippen LogP contribution is 2.36. The minimum Gasteiger partial charge on any atom is -0.478 e. The van der Waals surface area contributed by atoms with Crippen molar-refractivity contribution in [3.05, 3.63) is 106 Å². The van der Waals surface area contributed by atoms with Crippen molar-refractivity contribution in [1.29, 1.82) is 5.41 Å². The summed E-state index contributed by atoms with van der Waals surface area (Å²) in [6.07, 6.45) is 4.82. The third-order valence-electron chi connectivity index (χ3n) is 5.26. The van der Waals surface area contributed by atoms with E-state index in [1.165, 1.54) is 11.8 Å². The Balaban J connectivity index is 2.26. The summed E-state index contributed by atoms with van der Waals surface area (Å²) in [5, 5.41) is 16.6. The van der Waals surface area contributed by atoms with Crippen molar-refractivity contribution in [1.82, 2.24) is 0 Å². The molecule has 0 aromatic heterocycles. The molecule has 3 aromatic rings. The van der Waals surface area contributed by atoms with Crippen LogP contribution in [0.5, 0.6) is 0 Å². The van der Waals surface area contributed by atoms with Crippen molar-refractivity contribution in [2.24, 2.45) is 0 Å². The number of rotatable bonds is 7. The first kappa shape index (κ1) is 21.8. The van der Waals surface area contributed by atoms with Crippen LogP contribution in [0.2, 0.25) is 0 Å². The lowest BCUT2D eigenvalue weighted by molar-refractivity contribution is -0.131. The Morgan fingerprint density at radius 1 is 1.00 bits per heavy atom. The quantitative estimate of drug-likeness (QED) is 0.192. The maximum absolute atomic E-state index is 10.8. The van der Waals surface area contributed by atoms with Crippen LogP contribution in [0.25, 0.3) is 17.2 Å². The predicted octanol–water partition coefficient (Wildman–Crippen LogP) is 6.04. The molecule has 0 aliphatic carbocycles. The van der Waals surface area contributed by atoms with Crippen LogP contribution in [0, 0.1) is 12.3 Å². The van der Waals surface area contributed by atoms with Crippen LogP contribution >= 0.6 is 0 Å². The van der Waals surface area contributed by atoms with E-state index in [4.69, 9.17) is 16.2 Å². The van der Waals surface area contributed by atoms with Crippen molar-refractivity contribution in [2.75, 3.05) is 5.73 Å². The standard InChI is InChI=1S/C27H26N2O2/c1-3-24(20-7-5-4-6-8-20)26(22-15-18(2)27(29)23(16-22)17-28)21-12-9-19(10-13-21)11-14-25(30)31/h4-17,28H,3,29H2,1-2H3,(H,30,31)/b14-11+,26-24+,28-17?. The molecule has 0 heterocycles. The van der Waals surface area contributed by atoms with Gasteiger partial charge in [0.1, 0.15) is 0 Å². The fourth-order valence-electron chi connectivity index (χ4n) is 3.70. The zero-order valence-corrected chi connectivity index (χ0v) is 17.7. The van der Waals surface area contributed by atoms with Crippen LogP contribution in [-0.4, -0.2) is 17.3 Å². The molecular formula is C27H26N2O2. The fraction of sp³-hybridized carbons (Fsp3) is 0.111. The molecule has 0 atom stereocenters. The topological polar surface area (TPSA) is 87.2 Å². The van der Waals surface area contributed by atoms with Crippen molar-refractivity contribution in [3.8, 4) is 0 Å². The molecule has 156 valence electrons. The summed E-state index contributed by atoms with van der Waals surface area (Å²) in [4.78, 5) is 10.8. The summed E-state index contributed by atoms with van der Waals surface area (Å²) in [6.45, 7) is 4.09. The molecule has 0 saturated heterocycles. The smallest absolute Gasteiger partial charge is 0.328 e. The second-order valence-corrected chi connectivity index (χ2v) is 7.31. The third kappa shape index (κ3) is 4.98. The van der Waals surface area contributed by atoms with Gasteiger partial charge in [-0.05, 0) is 70.5 Å². The molecule has 3 rings (SSSR count). The Bertz CT molecular complexity index is 1160. The van der Waals surface area contributed by atoms with E-state index in [2.05, 4.69) is 25.1 Å². The van der Waals surface area contributed by atoms with Gasteiger partial charge in [0, 0.05) is 23.5 Å². The summed E-state index contributed by atoms with van der Waals surface area (Å²) < 4.78 is 0. The van der Waals surface area contributed by atoms with E-state index >= 15 is 0 Å². The second kappa shape index (κ2) is 9.72. The molecule has 0 amide bonds. The summed E-state index contributed by atoms with van der Waals surface area (Å²) in [7, 11) is 0. The molecule has 3 aromatic carbocycles. The highest BCUT2D eigenvalue weighted by Gasteiger charge is 2.15. The molecular weight excluding hydrogens is 384 g/mol. The second-order valence-electron chi connectivity index (χ2n) is 7.31. The van der Waals surface area contributed by atoms with E-state index in [0.717, 1.165) is 45.9 Å². The number of carboxylic acids is 1. The van der Waals surface area contributed by atoms with Gasteiger partial charge in [0.15, 0.2) is 0 Å². The van der Waals surface area contributed by atoms with E-state index in [9.17, 15) is 4.79 Å². The molecule has 0 aliphatic heterocycles. The monoisotopic (exact) mass is 410 g/mol. The van der Waals surface area contributed by atoms with Crippen LogP contribution in [-0.2, 0) is 4.79 Å². The Hall–Kier alpha value is -3.92. The van der Waals surface area contributed by atoms with Crippen molar-refractivity contribution in [2.45, 2.75) is 20.3 Å². The molecule has 4 heteroatoms. The largest absolute Gasteiger partial charge is 0.478 e. The van der Waals surface area contributed by atoms with Gasteiger partial charge in [0.25, 0.3) is 0 Å². The third-order valence-corrected chi connectivity index (χ3v) is 5.26. The molecule has 0 spiro atoms. The summed E-state index contributed by atoms with van der Waals surface area (Å²) in [6, 6.07) is 22.1. The lowest BCUT2D eigenvalue weighted by Gasteiger charge is -2.18. The number of carboxylic acid groups (broad SMARTS) is 1. The first-order valence-corrected chi connectivity index (χ1v) is 10.2. The number of hydrogen-bond acceptors (Lipinski definition) is 3. The molecule has 0 fully saturated rings. The van der Waals surface area contributed by atoms with E-state index in [1.54, 1.807) is 6.08 Å². The van der Waals surface area contributed by atoms with Gasteiger partial charge in [-0.25, -0.2) is 4.79 Å². The lowest BCUT2D eigenvalue weighted by atomic mass is 9.86. The van der Waals surface area contributed by atoms with Crippen LogP contribution in [0.1, 0.15) is 46.7 Å². The normalized spacial score (nSPS) is 11.9. The van der Waals surface area contributed by atoms with E-state index < -0.39 is 5.97 Å². The number of nitrogens with one attached hydrogen (secondary N) is 1. The first-order valence-electron chi connectivity index (χ1n) is 10.2. The van der Waals surface area contributed by atoms with Crippen LogP contribution < -0.4 is 5.73 Å². The molecule has 4 nitrogen and oxygen atoms in total. The molecule has 0 saturated carbocycles. The van der Waals surface area contributed by atoms with Crippen LogP contribution in [0.3, 0.4) is 0 Å².